The standard InChI is InChI=1S/C26H20N2O4/c29-25(18-8-2-1-3-9-18)20-15-23-24(32-14-13-31-23)16-22(20)28-26(30)27-21-12-6-10-17-7-4-5-11-19(17)21/h1-12,15-16H,13-14H2,(H2,27,28,30). The van der Waals surface area contributed by atoms with Crippen LogP contribution in [0.4, 0.5) is 16.2 Å². The van der Waals surface area contributed by atoms with Crippen LogP contribution in [0.5, 0.6) is 11.5 Å². The molecule has 4 aromatic carbocycles. The highest BCUT2D eigenvalue weighted by Crippen LogP contribution is 2.36. The summed E-state index contributed by atoms with van der Waals surface area (Å²) in [6.07, 6.45) is 0. The second kappa shape index (κ2) is 8.43. The lowest BCUT2D eigenvalue weighted by atomic mass is 10.0. The molecule has 0 unspecified atom stereocenters. The Hall–Kier alpha value is -4.32. The number of hydrogen-bond acceptors (Lipinski definition) is 4. The Balaban J connectivity index is 1.48. The van der Waals surface area contributed by atoms with E-state index in [0.29, 0.717) is 47.2 Å². The van der Waals surface area contributed by atoms with Crippen molar-refractivity contribution in [3.05, 3.63) is 96.1 Å². The van der Waals surface area contributed by atoms with Crippen molar-refractivity contribution in [3.8, 4) is 11.5 Å². The summed E-state index contributed by atoms with van der Waals surface area (Å²) in [6.45, 7) is 0.806. The molecule has 0 fully saturated rings. The monoisotopic (exact) mass is 424 g/mol. The van der Waals surface area contributed by atoms with Crippen LogP contribution in [0.1, 0.15) is 15.9 Å². The van der Waals surface area contributed by atoms with Gasteiger partial charge < -0.3 is 20.1 Å². The number of anilines is 2. The van der Waals surface area contributed by atoms with Crippen molar-refractivity contribution in [1.29, 1.82) is 0 Å². The SMILES string of the molecule is O=C(Nc1cc2c(cc1C(=O)c1ccccc1)OCCO2)Nc1cccc2ccccc12. The second-order valence-corrected chi connectivity index (χ2v) is 7.34. The lowest BCUT2D eigenvalue weighted by molar-refractivity contribution is 0.103. The zero-order valence-electron chi connectivity index (χ0n) is 17.1. The third kappa shape index (κ3) is 3.86. The Morgan fingerprint density at radius 2 is 1.34 bits per heavy atom. The van der Waals surface area contributed by atoms with Crippen molar-refractivity contribution in [2.45, 2.75) is 0 Å². The van der Waals surface area contributed by atoms with E-state index in [2.05, 4.69) is 10.6 Å². The lowest BCUT2D eigenvalue weighted by Crippen LogP contribution is -2.22. The first-order valence-corrected chi connectivity index (χ1v) is 10.3. The molecule has 6 heteroatoms. The van der Waals surface area contributed by atoms with E-state index in [1.54, 1.807) is 36.4 Å². The molecule has 2 N–H and O–H groups in total. The number of carbonyl (C=O) groups is 2. The van der Waals surface area contributed by atoms with Crippen LogP contribution in [0.15, 0.2) is 84.9 Å². The molecule has 0 atom stereocenters. The van der Waals surface area contributed by atoms with Crippen molar-refractivity contribution in [3.63, 3.8) is 0 Å². The molecule has 6 nitrogen and oxygen atoms in total. The van der Waals surface area contributed by atoms with Gasteiger partial charge in [0.1, 0.15) is 13.2 Å². The van der Waals surface area contributed by atoms with Gasteiger partial charge in [0, 0.05) is 17.0 Å². The van der Waals surface area contributed by atoms with Gasteiger partial charge in [0.05, 0.1) is 16.9 Å². The Morgan fingerprint density at radius 1 is 0.688 bits per heavy atom. The minimum absolute atomic E-state index is 0.219. The van der Waals surface area contributed by atoms with E-state index in [-0.39, 0.29) is 5.78 Å². The van der Waals surface area contributed by atoms with Crippen molar-refractivity contribution in [1.82, 2.24) is 0 Å². The Kier molecular flexibility index (Phi) is 5.17. The summed E-state index contributed by atoms with van der Waals surface area (Å²) in [5.41, 5.74) is 1.87. The molecule has 1 heterocycles. The minimum atomic E-state index is -0.458. The maximum Gasteiger partial charge on any atom is 0.323 e. The van der Waals surface area contributed by atoms with Gasteiger partial charge in [-0.3, -0.25) is 4.79 Å². The summed E-state index contributed by atoms with van der Waals surface area (Å²) in [5, 5.41) is 7.65. The topological polar surface area (TPSA) is 76.7 Å². The third-order valence-electron chi connectivity index (χ3n) is 5.25. The van der Waals surface area contributed by atoms with E-state index < -0.39 is 6.03 Å². The van der Waals surface area contributed by atoms with Gasteiger partial charge in [-0.1, -0.05) is 66.7 Å². The normalized spacial score (nSPS) is 12.2. The first-order valence-electron chi connectivity index (χ1n) is 10.3. The number of amides is 2. The van der Waals surface area contributed by atoms with E-state index in [0.717, 1.165) is 10.8 Å². The van der Waals surface area contributed by atoms with Crippen LogP contribution in [-0.2, 0) is 0 Å². The number of urea groups is 1. The molecule has 0 radical (unpaired) electrons. The smallest absolute Gasteiger partial charge is 0.323 e. The number of nitrogens with one attached hydrogen (secondary N) is 2. The third-order valence-corrected chi connectivity index (χ3v) is 5.25. The van der Waals surface area contributed by atoms with Gasteiger partial charge in [0.25, 0.3) is 0 Å². The first kappa shape index (κ1) is 19.6. The summed E-state index contributed by atoms with van der Waals surface area (Å²) < 4.78 is 11.3. The van der Waals surface area contributed by atoms with Gasteiger partial charge in [-0.05, 0) is 17.5 Å². The number of ether oxygens (including phenoxy) is 2. The van der Waals surface area contributed by atoms with Crippen LogP contribution in [-0.4, -0.2) is 25.0 Å². The fourth-order valence-electron chi connectivity index (χ4n) is 3.74. The Labute approximate surface area is 184 Å². The summed E-state index contributed by atoms with van der Waals surface area (Å²) in [6, 6.07) is 25.2. The van der Waals surface area contributed by atoms with E-state index >= 15 is 0 Å². The minimum Gasteiger partial charge on any atom is -0.486 e. The molecule has 0 saturated heterocycles. The number of benzene rings is 4. The fraction of sp³-hybridized carbons (Fsp3) is 0.0769. The van der Waals surface area contributed by atoms with Crippen LogP contribution in [0.3, 0.4) is 0 Å². The van der Waals surface area contributed by atoms with Crippen LogP contribution >= 0.6 is 0 Å². The summed E-state index contributed by atoms with van der Waals surface area (Å²) >= 11 is 0. The fourth-order valence-corrected chi connectivity index (χ4v) is 3.74. The summed E-state index contributed by atoms with van der Waals surface area (Å²) in [4.78, 5) is 26.1. The van der Waals surface area contributed by atoms with Crippen molar-refractivity contribution in [2.24, 2.45) is 0 Å². The lowest BCUT2D eigenvalue weighted by Gasteiger charge is -2.21. The Bertz CT molecular complexity index is 1310. The molecular formula is C26H20N2O4. The molecule has 0 spiro atoms. The molecule has 0 saturated carbocycles. The molecule has 1 aliphatic rings. The first-order chi connectivity index (χ1) is 15.7. The zero-order chi connectivity index (χ0) is 21.9. The highest BCUT2D eigenvalue weighted by molar-refractivity contribution is 6.15. The summed E-state index contributed by atoms with van der Waals surface area (Å²) in [7, 11) is 0. The summed E-state index contributed by atoms with van der Waals surface area (Å²) in [5.74, 6) is 0.750. The largest absolute Gasteiger partial charge is 0.486 e. The highest BCUT2D eigenvalue weighted by Gasteiger charge is 2.22. The predicted octanol–water partition coefficient (Wildman–Crippen LogP) is 5.49. The second-order valence-electron chi connectivity index (χ2n) is 7.34. The molecule has 4 aromatic rings. The van der Waals surface area contributed by atoms with E-state index in [1.165, 1.54) is 0 Å². The number of fused-ring (bicyclic) bond motifs is 2. The van der Waals surface area contributed by atoms with Gasteiger partial charge in [0.2, 0.25) is 0 Å². The number of rotatable bonds is 4. The van der Waals surface area contributed by atoms with Gasteiger partial charge in [-0.25, -0.2) is 4.79 Å². The molecule has 0 bridgehead atoms. The quantitative estimate of drug-likeness (QED) is 0.425. The molecule has 0 aromatic heterocycles. The molecule has 32 heavy (non-hydrogen) atoms. The molecule has 0 aliphatic carbocycles. The average Bonchev–Trinajstić information content (AvgIpc) is 2.84. The van der Waals surface area contributed by atoms with Crippen LogP contribution < -0.4 is 20.1 Å². The zero-order valence-corrected chi connectivity index (χ0v) is 17.1. The van der Waals surface area contributed by atoms with Gasteiger partial charge in [0.15, 0.2) is 17.3 Å². The maximum absolute atomic E-state index is 13.2. The van der Waals surface area contributed by atoms with Crippen LogP contribution in [0, 0.1) is 0 Å². The van der Waals surface area contributed by atoms with Gasteiger partial charge in [-0.2, -0.15) is 0 Å². The van der Waals surface area contributed by atoms with Crippen LogP contribution in [0.2, 0.25) is 0 Å². The van der Waals surface area contributed by atoms with Crippen molar-refractivity contribution >= 4 is 34.0 Å². The Morgan fingerprint density at radius 3 is 2.16 bits per heavy atom. The molecule has 2 amide bonds. The molecule has 5 rings (SSSR count). The van der Waals surface area contributed by atoms with Gasteiger partial charge in [-0.15, -0.1) is 0 Å². The molecule has 1 aliphatic heterocycles. The number of hydrogen-bond donors (Lipinski definition) is 2. The molecular weight excluding hydrogens is 404 g/mol. The van der Waals surface area contributed by atoms with Gasteiger partial charge >= 0.3 is 6.03 Å². The average molecular weight is 424 g/mol. The van der Waals surface area contributed by atoms with Crippen molar-refractivity contribution in [2.75, 3.05) is 23.8 Å². The van der Waals surface area contributed by atoms with Crippen LogP contribution in [0.25, 0.3) is 10.8 Å². The maximum atomic E-state index is 13.2. The van der Waals surface area contributed by atoms with E-state index in [4.69, 9.17) is 9.47 Å². The van der Waals surface area contributed by atoms with Crippen molar-refractivity contribution < 1.29 is 19.1 Å². The number of ketones is 1. The van der Waals surface area contributed by atoms with E-state index in [9.17, 15) is 9.59 Å². The highest BCUT2D eigenvalue weighted by atomic mass is 16.6. The number of carbonyl (C=O) groups excluding carboxylic acids is 2. The van der Waals surface area contributed by atoms with E-state index in [1.807, 2.05) is 48.5 Å². The molecule has 158 valence electrons. The predicted molar refractivity (Wildman–Crippen MR) is 124 cm³/mol.